The number of nitrogens with one attached hydrogen (secondary N) is 1. The molecule has 0 aliphatic carbocycles. The molecule has 126 valence electrons. The molecule has 1 rings (SSSR count). The highest BCUT2D eigenvalue weighted by molar-refractivity contribution is 6.52. The molecule has 9 heteroatoms. The second-order valence-electron chi connectivity index (χ2n) is 4.16. The Balaban J connectivity index is 2.82. The van der Waals surface area contributed by atoms with Crippen molar-refractivity contribution >= 4 is 14.7 Å². The fourth-order valence-electron chi connectivity index (χ4n) is 1.72. The lowest BCUT2D eigenvalue weighted by Crippen LogP contribution is -2.52. The summed E-state index contributed by atoms with van der Waals surface area (Å²) in [7, 11) is 0.146. The summed E-state index contributed by atoms with van der Waals surface area (Å²) < 4.78 is 20.8. The SMILES string of the molecule is CCCC(Nc1ccccc1)O[Si](OOC)(OOC)OOC. The van der Waals surface area contributed by atoms with Crippen LogP contribution in [0.3, 0.4) is 0 Å². The third kappa shape index (κ3) is 6.38. The van der Waals surface area contributed by atoms with E-state index in [4.69, 9.17) is 18.2 Å². The van der Waals surface area contributed by atoms with Crippen LogP contribution >= 0.6 is 0 Å². The van der Waals surface area contributed by atoms with E-state index in [1.807, 2.05) is 37.3 Å². The van der Waals surface area contributed by atoms with Gasteiger partial charge in [-0.2, -0.15) is 13.7 Å². The molecule has 1 N–H and O–H groups in total. The summed E-state index contributed by atoms with van der Waals surface area (Å²) in [5, 5.41) is 3.22. The van der Waals surface area contributed by atoms with Crippen molar-refractivity contribution in [2.75, 3.05) is 26.6 Å². The summed E-state index contributed by atoms with van der Waals surface area (Å²) in [6, 6.07) is 9.59. The van der Waals surface area contributed by atoms with Gasteiger partial charge in [-0.15, -0.1) is 0 Å². The van der Waals surface area contributed by atoms with Crippen molar-refractivity contribution in [1.82, 2.24) is 0 Å². The number of hydrogen-bond donors (Lipinski definition) is 1. The molecular weight excluding hydrogens is 310 g/mol. The zero-order valence-corrected chi connectivity index (χ0v) is 14.2. The molecule has 0 heterocycles. The van der Waals surface area contributed by atoms with Crippen molar-refractivity contribution < 1.29 is 32.8 Å². The molecule has 0 radical (unpaired) electrons. The van der Waals surface area contributed by atoms with Gasteiger partial charge in [0, 0.05) is 5.69 Å². The van der Waals surface area contributed by atoms with Crippen LogP contribution in [-0.4, -0.2) is 36.6 Å². The molecule has 22 heavy (non-hydrogen) atoms. The Morgan fingerprint density at radius 2 is 1.50 bits per heavy atom. The first-order chi connectivity index (χ1) is 10.7. The molecule has 1 unspecified atom stereocenters. The van der Waals surface area contributed by atoms with Gasteiger partial charge in [0.25, 0.3) is 0 Å². The van der Waals surface area contributed by atoms with E-state index >= 15 is 0 Å². The third-order valence-corrected chi connectivity index (χ3v) is 4.18. The Morgan fingerprint density at radius 3 is 1.95 bits per heavy atom. The summed E-state index contributed by atoms with van der Waals surface area (Å²) in [6.07, 6.45) is 1.10. The van der Waals surface area contributed by atoms with Crippen molar-refractivity contribution in [3.05, 3.63) is 30.3 Å². The summed E-state index contributed by atoms with van der Waals surface area (Å²) in [5.74, 6) is 0. The number of rotatable bonds is 12. The van der Waals surface area contributed by atoms with Gasteiger partial charge in [-0.1, -0.05) is 31.5 Å². The molecule has 0 bridgehead atoms. The van der Waals surface area contributed by atoms with Crippen molar-refractivity contribution in [1.29, 1.82) is 0 Å². The first-order valence-corrected chi connectivity index (χ1v) is 8.47. The molecule has 0 saturated heterocycles. The van der Waals surface area contributed by atoms with E-state index in [1.54, 1.807) is 0 Å². The molecule has 1 aromatic carbocycles. The lowest BCUT2D eigenvalue weighted by molar-refractivity contribution is -0.373. The van der Waals surface area contributed by atoms with E-state index in [0.29, 0.717) is 6.42 Å². The molecule has 0 fully saturated rings. The Bertz CT molecular complexity index is 378. The van der Waals surface area contributed by atoms with Gasteiger partial charge in [0.15, 0.2) is 0 Å². The Morgan fingerprint density at radius 1 is 0.955 bits per heavy atom. The van der Waals surface area contributed by atoms with E-state index in [9.17, 15) is 0 Å². The van der Waals surface area contributed by atoms with Crippen LogP contribution in [0.5, 0.6) is 0 Å². The fraction of sp³-hybridized carbons (Fsp3) is 0.538. The van der Waals surface area contributed by atoms with E-state index in [-0.39, 0.29) is 0 Å². The summed E-state index contributed by atoms with van der Waals surface area (Å²) in [4.78, 5) is 13.9. The summed E-state index contributed by atoms with van der Waals surface area (Å²) in [6.45, 7) is 2.03. The molecule has 0 aliphatic rings. The Labute approximate surface area is 131 Å². The first-order valence-electron chi connectivity index (χ1n) is 6.84. The third-order valence-electron chi connectivity index (χ3n) is 2.50. The number of hydrogen-bond acceptors (Lipinski definition) is 8. The summed E-state index contributed by atoms with van der Waals surface area (Å²) >= 11 is 0. The second kappa shape index (κ2) is 10.6. The molecule has 0 aliphatic heterocycles. The molecule has 1 atom stereocenters. The standard InChI is InChI=1S/C13H23NO7Si/c1-5-9-13(14-12-10-7-6-8-11-12)18-22(19-15-2,20-16-3)21-17-4/h6-8,10-11,13-14H,5,9H2,1-4H3. The lowest BCUT2D eigenvalue weighted by Gasteiger charge is -2.28. The average molecular weight is 333 g/mol. The van der Waals surface area contributed by atoms with Gasteiger partial charge in [-0.05, 0) is 18.6 Å². The molecule has 8 nitrogen and oxygen atoms in total. The van der Waals surface area contributed by atoms with Gasteiger partial charge in [0.2, 0.25) is 0 Å². The van der Waals surface area contributed by atoms with Gasteiger partial charge in [-0.25, -0.2) is 14.7 Å². The van der Waals surface area contributed by atoms with Gasteiger partial charge in [0.05, 0.1) is 21.3 Å². The number of anilines is 1. The minimum atomic E-state index is -3.78. The van der Waals surface area contributed by atoms with Gasteiger partial charge < -0.3 is 9.74 Å². The van der Waals surface area contributed by atoms with E-state index in [1.165, 1.54) is 21.3 Å². The minimum Gasteiger partial charge on any atom is -0.361 e. The summed E-state index contributed by atoms with van der Waals surface area (Å²) in [5.41, 5.74) is 0.885. The highest BCUT2D eigenvalue weighted by Crippen LogP contribution is 2.19. The monoisotopic (exact) mass is 333 g/mol. The molecule has 0 amide bonds. The highest BCUT2D eigenvalue weighted by Gasteiger charge is 2.53. The van der Waals surface area contributed by atoms with Gasteiger partial charge >= 0.3 is 9.05 Å². The zero-order chi connectivity index (χ0) is 16.3. The van der Waals surface area contributed by atoms with Crippen LogP contribution < -0.4 is 5.32 Å². The molecule has 0 aromatic heterocycles. The maximum Gasteiger partial charge on any atom is 0.766 e. The normalized spacial score (nSPS) is 13.1. The zero-order valence-electron chi connectivity index (χ0n) is 13.2. The van der Waals surface area contributed by atoms with E-state index < -0.39 is 15.3 Å². The van der Waals surface area contributed by atoms with Gasteiger partial charge in [-0.3, -0.25) is 0 Å². The maximum absolute atomic E-state index is 5.79. The fourth-order valence-corrected chi connectivity index (χ4v) is 3.06. The second-order valence-corrected chi connectivity index (χ2v) is 5.89. The highest BCUT2D eigenvalue weighted by atomic mass is 28.4. The van der Waals surface area contributed by atoms with Crippen molar-refractivity contribution in [3.8, 4) is 0 Å². The number of para-hydroxylation sites is 1. The molecule has 0 spiro atoms. The molecular formula is C13H23NO7Si. The van der Waals surface area contributed by atoms with E-state index in [2.05, 4.69) is 20.0 Å². The van der Waals surface area contributed by atoms with Crippen molar-refractivity contribution in [3.63, 3.8) is 0 Å². The van der Waals surface area contributed by atoms with Crippen molar-refractivity contribution in [2.24, 2.45) is 0 Å². The topological polar surface area (TPSA) is 76.6 Å². The van der Waals surface area contributed by atoms with E-state index in [0.717, 1.165) is 12.1 Å². The number of benzene rings is 1. The van der Waals surface area contributed by atoms with Crippen LogP contribution in [0.4, 0.5) is 5.69 Å². The largest absolute Gasteiger partial charge is 0.766 e. The van der Waals surface area contributed by atoms with Crippen LogP contribution in [0, 0.1) is 0 Å². The smallest absolute Gasteiger partial charge is 0.361 e. The Kier molecular flexibility index (Phi) is 9.20. The maximum atomic E-state index is 5.79. The first kappa shape index (κ1) is 19.0. The Hall–Kier alpha value is -1.04. The van der Waals surface area contributed by atoms with Crippen LogP contribution in [0.1, 0.15) is 19.8 Å². The van der Waals surface area contributed by atoms with Crippen LogP contribution in [0.25, 0.3) is 0 Å². The van der Waals surface area contributed by atoms with Crippen LogP contribution in [0.15, 0.2) is 30.3 Å². The van der Waals surface area contributed by atoms with Gasteiger partial charge in [0.1, 0.15) is 6.23 Å². The quantitative estimate of drug-likeness (QED) is 0.270. The molecule has 1 aromatic rings. The van der Waals surface area contributed by atoms with Crippen molar-refractivity contribution in [2.45, 2.75) is 26.0 Å². The molecule has 0 saturated carbocycles. The van der Waals surface area contributed by atoms with Crippen LogP contribution in [-0.2, 0) is 32.8 Å². The average Bonchev–Trinajstić information content (AvgIpc) is 2.49. The lowest BCUT2D eigenvalue weighted by atomic mass is 10.2. The van der Waals surface area contributed by atoms with Crippen LogP contribution in [0.2, 0.25) is 0 Å². The predicted octanol–water partition coefficient (Wildman–Crippen LogP) is 2.41. The predicted molar refractivity (Wildman–Crippen MR) is 79.9 cm³/mol. The minimum absolute atomic E-state index is 0.445.